The summed E-state index contributed by atoms with van der Waals surface area (Å²) in [5.41, 5.74) is 5.29. The maximum atomic E-state index is 13.4. The number of benzene rings is 2. The molecular formula is C26H25N5O2. The Labute approximate surface area is 190 Å². The topological polar surface area (TPSA) is 66.2 Å². The first-order valence-electron chi connectivity index (χ1n) is 10.9. The quantitative estimate of drug-likeness (QED) is 0.428. The highest BCUT2D eigenvalue weighted by Gasteiger charge is 2.21. The van der Waals surface area contributed by atoms with Gasteiger partial charge in [-0.15, -0.1) is 0 Å². The molecule has 3 aromatic heterocycles. The lowest BCUT2D eigenvalue weighted by Gasteiger charge is -2.10. The first-order chi connectivity index (χ1) is 15.9. The van der Waals surface area contributed by atoms with Gasteiger partial charge in [-0.25, -0.2) is 4.79 Å². The largest absolute Gasteiger partial charge is 0.332 e. The van der Waals surface area contributed by atoms with E-state index >= 15 is 0 Å². The van der Waals surface area contributed by atoms with Crippen molar-refractivity contribution in [1.82, 2.24) is 23.1 Å². The summed E-state index contributed by atoms with van der Waals surface area (Å²) in [7, 11) is 1.66. The van der Waals surface area contributed by atoms with Gasteiger partial charge in [0.05, 0.1) is 5.69 Å². The van der Waals surface area contributed by atoms with Crippen molar-refractivity contribution in [2.24, 2.45) is 7.05 Å². The van der Waals surface area contributed by atoms with Gasteiger partial charge in [-0.05, 0) is 38.0 Å². The van der Waals surface area contributed by atoms with Crippen LogP contribution in [0.25, 0.3) is 28.7 Å². The molecule has 0 radical (unpaired) electrons. The fourth-order valence-corrected chi connectivity index (χ4v) is 4.38. The minimum atomic E-state index is -0.388. The van der Waals surface area contributed by atoms with E-state index in [0.29, 0.717) is 16.9 Å². The SMILES string of the molecule is Cc1ccc(-n2c(C)cn3c4c(=O)n(CC=Cc5ccccc5)c(=O)n(C)c4nc23)c(C)c1. The zero-order valence-corrected chi connectivity index (χ0v) is 19.1. The van der Waals surface area contributed by atoms with E-state index in [-0.39, 0.29) is 17.8 Å². The lowest BCUT2D eigenvalue weighted by Crippen LogP contribution is -2.39. The molecule has 2 aromatic carbocycles. The summed E-state index contributed by atoms with van der Waals surface area (Å²) in [6, 6.07) is 16.0. The Balaban J connectivity index is 1.70. The van der Waals surface area contributed by atoms with Gasteiger partial charge >= 0.3 is 5.69 Å². The zero-order valence-electron chi connectivity index (χ0n) is 19.1. The molecule has 0 aliphatic heterocycles. The van der Waals surface area contributed by atoms with Crippen molar-refractivity contribution in [3.63, 3.8) is 0 Å². The summed E-state index contributed by atoms with van der Waals surface area (Å²) in [6.45, 7) is 6.29. The molecule has 0 aliphatic carbocycles. The van der Waals surface area contributed by atoms with E-state index in [2.05, 4.69) is 32.0 Å². The van der Waals surface area contributed by atoms with Crippen LogP contribution in [0, 0.1) is 20.8 Å². The summed E-state index contributed by atoms with van der Waals surface area (Å²) in [5, 5.41) is 0. The minimum Gasteiger partial charge on any atom is -0.283 e. The number of fused-ring (bicyclic) bond motifs is 3. The third-order valence-corrected chi connectivity index (χ3v) is 6.02. The lowest BCUT2D eigenvalue weighted by atomic mass is 10.1. The van der Waals surface area contributed by atoms with Crippen molar-refractivity contribution in [1.29, 1.82) is 0 Å². The molecule has 0 saturated heterocycles. The smallest absolute Gasteiger partial charge is 0.283 e. The molecule has 0 amide bonds. The van der Waals surface area contributed by atoms with Crippen molar-refractivity contribution in [3.8, 4) is 5.69 Å². The predicted molar refractivity (Wildman–Crippen MR) is 131 cm³/mol. The molecule has 7 heteroatoms. The second-order valence-corrected chi connectivity index (χ2v) is 8.42. The number of rotatable bonds is 4. The van der Waals surface area contributed by atoms with Crippen LogP contribution < -0.4 is 11.2 Å². The Morgan fingerprint density at radius 1 is 1.00 bits per heavy atom. The van der Waals surface area contributed by atoms with Gasteiger partial charge in [-0.3, -0.25) is 22.9 Å². The van der Waals surface area contributed by atoms with Gasteiger partial charge in [0.25, 0.3) is 5.56 Å². The van der Waals surface area contributed by atoms with E-state index in [4.69, 9.17) is 4.98 Å². The number of nitrogens with zero attached hydrogens (tertiary/aromatic N) is 5. The molecule has 7 nitrogen and oxygen atoms in total. The molecule has 0 fully saturated rings. The van der Waals surface area contributed by atoms with Crippen LogP contribution in [0.2, 0.25) is 0 Å². The molecule has 0 bridgehead atoms. The maximum absolute atomic E-state index is 13.4. The van der Waals surface area contributed by atoms with E-state index in [1.54, 1.807) is 11.4 Å². The van der Waals surface area contributed by atoms with Crippen LogP contribution in [-0.4, -0.2) is 23.1 Å². The highest BCUT2D eigenvalue weighted by Crippen LogP contribution is 2.23. The van der Waals surface area contributed by atoms with Crippen molar-refractivity contribution in [2.45, 2.75) is 27.3 Å². The molecule has 0 spiro atoms. The Morgan fingerprint density at radius 3 is 2.48 bits per heavy atom. The molecule has 0 N–H and O–H groups in total. The number of imidazole rings is 2. The van der Waals surface area contributed by atoms with Crippen LogP contribution in [0.15, 0.2) is 70.4 Å². The normalized spacial score (nSPS) is 11.9. The average Bonchev–Trinajstić information content (AvgIpc) is 3.30. The monoisotopic (exact) mass is 439 g/mol. The van der Waals surface area contributed by atoms with Gasteiger partial charge in [-0.1, -0.05) is 60.2 Å². The van der Waals surface area contributed by atoms with E-state index in [1.807, 2.05) is 60.2 Å². The van der Waals surface area contributed by atoms with Crippen LogP contribution >= 0.6 is 0 Å². The molecule has 33 heavy (non-hydrogen) atoms. The fourth-order valence-electron chi connectivity index (χ4n) is 4.38. The van der Waals surface area contributed by atoms with Crippen molar-refractivity contribution in [2.75, 3.05) is 0 Å². The first-order valence-corrected chi connectivity index (χ1v) is 10.9. The molecule has 5 aromatic rings. The Hall–Kier alpha value is -4.13. The second kappa shape index (κ2) is 7.78. The van der Waals surface area contributed by atoms with Gasteiger partial charge < -0.3 is 0 Å². The number of allylic oxidation sites excluding steroid dienone is 1. The third kappa shape index (κ3) is 3.33. The summed E-state index contributed by atoms with van der Waals surface area (Å²) in [4.78, 5) is 31.2. The zero-order chi connectivity index (χ0) is 23.3. The highest BCUT2D eigenvalue weighted by atomic mass is 16.2. The molecule has 0 unspecified atom stereocenters. The van der Waals surface area contributed by atoms with Gasteiger partial charge in [0.1, 0.15) is 0 Å². The number of aromatic nitrogens is 5. The molecule has 0 saturated carbocycles. The summed E-state index contributed by atoms with van der Waals surface area (Å²) < 4.78 is 6.52. The van der Waals surface area contributed by atoms with E-state index in [0.717, 1.165) is 22.5 Å². The van der Waals surface area contributed by atoms with Crippen LogP contribution in [0.1, 0.15) is 22.4 Å². The Morgan fingerprint density at radius 2 is 1.76 bits per heavy atom. The standard InChI is InChI=1S/C26H25N5O2/c1-17-12-13-21(18(2)15-17)31-19(3)16-30-22-23(27-25(30)31)28(4)26(33)29(24(22)32)14-8-11-20-9-6-5-7-10-20/h5-13,15-16H,14H2,1-4H3. The van der Waals surface area contributed by atoms with Gasteiger partial charge in [-0.2, -0.15) is 4.98 Å². The van der Waals surface area contributed by atoms with E-state index in [1.165, 1.54) is 14.7 Å². The fraction of sp³-hybridized carbons (Fsp3) is 0.192. The van der Waals surface area contributed by atoms with Crippen molar-refractivity contribution in [3.05, 3.63) is 104 Å². The van der Waals surface area contributed by atoms with Gasteiger partial charge in [0.15, 0.2) is 11.2 Å². The second-order valence-electron chi connectivity index (χ2n) is 8.42. The van der Waals surface area contributed by atoms with Gasteiger partial charge in [0.2, 0.25) is 5.78 Å². The predicted octanol–water partition coefficient (Wildman–Crippen LogP) is 3.78. The maximum Gasteiger partial charge on any atom is 0.332 e. The van der Waals surface area contributed by atoms with E-state index in [9.17, 15) is 9.59 Å². The summed E-state index contributed by atoms with van der Waals surface area (Å²) >= 11 is 0. The van der Waals surface area contributed by atoms with Crippen LogP contribution in [0.4, 0.5) is 0 Å². The Bertz CT molecular complexity index is 1660. The molecule has 0 atom stereocenters. The summed E-state index contributed by atoms with van der Waals surface area (Å²) in [5.74, 6) is 0.610. The third-order valence-electron chi connectivity index (χ3n) is 6.02. The van der Waals surface area contributed by atoms with Crippen LogP contribution in [-0.2, 0) is 13.6 Å². The number of aryl methyl sites for hydroxylation is 4. The van der Waals surface area contributed by atoms with Crippen LogP contribution in [0.5, 0.6) is 0 Å². The van der Waals surface area contributed by atoms with Crippen molar-refractivity contribution < 1.29 is 0 Å². The number of hydrogen-bond donors (Lipinski definition) is 0. The minimum absolute atomic E-state index is 0.181. The lowest BCUT2D eigenvalue weighted by molar-refractivity contribution is 0.667. The average molecular weight is 440 g/mol. The number of hydrogen-bond acceptors (Lipinski definition) is 3. The van der Waals surface area contributed by atoms with Gasteiger partial charge in [0, 0.05) is 25.5 Å². The van der Waals surface area contributed by atoms with E-state index < -0.39 is 0 Å². The van der Waals surface area contributed by atoms with Crippen molar-refractivity contribution >= 4 is 23.0 Å². The first kappa shape index (κ1) is 20.8. The molecular weight excluding hydrogens is 414 g/mol. The molecule has 166 valence electrons. The highest BCUT2D eigenvalue weighted by molar-refractivity contribution is 5.76. The molecule has 5 rings (SSSR count). The summed E-state index contributed by atoms with van der Waals surface area (Å²) in [6.07, 6.45) is 5.64. The molecule has 3 heterocycles. The molecule has 0 aliphatic rings. The van der Waals surface area contributed by atoms with Crippen LogP contribution in [0.3, 0.4) is 0 Å². The Kier molecular flexibility index (Phi) is 4.89.